The maximum absolute atomic E-state index is 6.26. The number of para-hydroxylation sites is 3. The first-order valence-corrected chi connectivity index (χ1v) is 16.8. The summed E-state index contributed by atoms with van der Waals surface area (Å²) < 4.78 is 8.97. The predicted octanol–water partition coefficient (Wildman–Crippen LogP) is 11.1. The van der Waals surface area contributed by atoms with Gasteiger partial charge in [0.05, 0.1) is 0 Å². The van der Waals surface area contributed by atoms with E-state index in [1.165, 1.54) is 41.2 Å². The summed E-state index contributed by atoms with van der Waals surface area (Å²) in [5, 5.41) is 4.95. The third-order valence-electron chi connectivity index (χ3n) is 8.50. The van der Waals surface area contributed by atoms with Gasteiger partial charge in [-0.05, 0) is 0 Å². The summed E-state index contributed by atoms with van der Waals surface area (Å²) in [4.78, 5) is 7.29. The normalized spacial score (nSPS) is 11.6. The summed E-state index contributed by atoms with van der Waals surface area (Å²) in [5.74, 6) is 0.676. The first-order valence-electron chi connectivity index (χ1n) is 15.1. The van der Waals surface area contributed by atoms with Crippen molar-refractivity contribution in [3.05, 3.63) is 158 Å². The molecule has 0 saturated carbocycles. The zero-order chi connectivity index (χ0) is 29.7. The van der Waals surface area contributed by atoms with Gasteiger partial charge < -0.3 is 0 Å². The Bertz CT molecular complexity index is 2470. The number of aromatic nitrogens is 1. The summed E-state index contributed by atoms with van der Waals surface area (Å²) in [6.45, 7) is 0. The van der Waals surface area contributed by atoms with E-state index >= 15 is 0 Å². The van der Waals surface area contributed by atoms with E-state index < -0.39 is 0 Å². The second-order valence-corrected chi connectivity index (χ2v) is 13.4. The molecular weight excluding hydrogens is 615 g/mol. The number of hydrogen-bond donors (Lipinski definition) is 0. The number of anilines is 3. The van der Waals surface area contributed by atoms with Crippen LogP contribution in [0.5, 0.6) is 0 Å². The average Bonchev–Trinajstić information content (AvgIpc) is 3.71. The first-order chi connectivity index (χ1) is 22.3. The van der Waals surface area contributed by atoms with Gasteiger partial charge in [0.2, 0.25) is 0 Å². The van der Waals surface area contributed by atoms with Crippen LogP contribution in [0.15, 0.2) is 162 Å². The van der Waals surface area contributed by atoms with Crippen LogP contribution in [0, 0.1) is 0 Å². The molecule has 0 amide bonds. The van der Waals surface area contributed by atoms with Gasteiger partial charge in [-0.15, -0.1) is 0 Å². The molecule has 0 spiro atoms. The van der Waals surface area contributed by atoms with Crippen molar-refractivity contribution in [2.45, 2.75) is 0 Å². The van der Waals surface area contributed by atoms with Gasteiger partial charge in [-0.25, -0.2) is 0 Å². The number of oxazole rings is 1. The van der Waals surface area contributed by atoms with Crippen molar-refractivity contribution < 1.29 is 4.42 Å². The van der Waals surface area contributed by atoms with Gasteiger partial charge in [0.1, 0.15) is 0 Å². The van der Waals surface area contributed by atoms with E-state index in [-0.39, 0.29) is 14.5 Å². The zero-order valence-corrected chi connectivity index (χ0v) is 25.9. The molecule has 0 aliphatic carbocycles. The van der Waals surface area contributed by atoms with Crippen molar-refractivity contribution in [3.63, 3.8) is 0 Å². The Morgan fingerprint density at radius 3 is 2.20 bits per heavy atom. The quantitative estimate of drug-likeness (QED) is 0.175. The van der Waals surface area contributed by atoms with Crippen LogP contribution in [-0.4, -0.2) is 19.5 Å². The molecule has 0 aliphatic rings. The molecule has 2 heterocycles. The fourth-order valence-corrected chi connectivity index (χ4v) is 8.91. The molecule has 0 N–H and O–H groups in total. The van der Waals surface area contributed by atoms with Gasteiger partial charge in [-0.1, -0.05) is 0 Å². The standard InChI is InChI=1S/C41H26N2OSe/c1-2-12-27(13-3-1)30-17-6-8-20-35(30)43(36-21-10-15-28-14-4-5-16-31(28)36)29-24-25-32-39(26-29)45-38-23-11-18-33(40(32)38)41-42-34-19-7-9-22-37(34)44-41/h1-26H. The minimum atomic E-state index is 0.145. The monoisotopic (exact) mass is 642 g/mol. The van der Waals surface area contributed by atoms with Crippen molar-refractivity contribution in [1.82, 2.24) is 4.98 Å². The second kappa shape index (κ2) is 10.6. The van der Waals surface area contributed by atoms with E-state index in [9.17, 15) is 0 Å². The number of nitrogens with zero attached hydrogens (tertiary/aromatic N) is 2. The summed E-state index contributed by atoms with van der Waals surface area (Å²) in [6, 6.07) is 56.1. The van der Waals surface area contributed by atoms with Crippen molar-refractivity contribution in [2.75, 3.05) is 4.90 Å². The third-order valence-corrected chi connectivity index (χ3v) is 10.8. The molecular formula is C41H26N2OSe. The summed E-state index contributed by atoms with van der Waals surface area (Å²) in [5.41, 5.74) is 8.59. The molecule has 45 heavy (non-hydrogen) atoms. The van der Waals surface area contributed by atoms with E-state index in [0.29, 0.717) is 5.89 Å². The van der Waals surface area contributed by atoms with Gasteiger partial charge in [0, 0.05) is 0 Å². The number of fused-ring (bicyclic) bond motifs is 5. The molecule has 3 nitrogen and oxygen atoms in total. The van der Waals surface area contributed by atoms with Gasteiger partial charge in [0.15, 0.2) is 0 Å². The van der Waals surface area contributed by atoms with Crippen LogP contribution in [-0.2, 0) is 0 Å². The molecule has 0 atom stereocenters. The van der Waals surface area contributed by atoms with Gasteiger partial charge >= 0.3 is 267 Å². The molecule has 0 unspecified atom stereocenters. The first kappa shape index (κ1) is 26.0. The molecule has 0 aliphatic heterocycles. The second-order valence-electron chi connectivity index (χ2n) is 11.2. The summed E-state index contributed by atoms with van der Waals surface area (Å²) >= 11 is 0.145. The topological polar surface area (TPSA) is 29.3 Å². The Hall–Kier alpha value is -5.41. The predicted molar refractivity (Wildman–Crippen MR) is 189 cm³/mol. The Labute approximate surface area is 266 Å². The van der Waals surface area contributed by atoms with Crippen LogP contribution >= 0.6 is 0 Å². The molecule has 0 radical (unpaired) electrons. The van der Waals surface area contributed by atoms with Crippen LogP contribution < -0.4 is 4.90 Å². The van der Waals surface area contributed by atoms with E-state index in [1.54, 1.807) is 0 Å². The average molecular weight is 642 g/mol. The Morgan fingerprint density at radius 2 is 1.27 bits per heavy atom. The van der Waals surface area contributed by atoms with Crippen molar-refractivity contribution >= 4 is 72.7 Å². The van der Waals surface area contributed by atoms with Crippen molar-refractivity contribution in [2.24, 2.45) is 0 Å². The van der Waals surface area contributed by atoms with Crippen LogP contribution in [0.2, 0.25) is 0 Å². The van der Waals surface area contributed by atoms with Crippen molar-refractivity contribution in [3.8, 4) is 22.6 Å². The van der Waals surface area contributed by atoms with Gasteiger partial charge in [-0.3, -0.25) is 0 Å². The summed E-state index contributed by atoms with van der Waals surface area (Å²) in [7, 11) is 0. The number of hydrogen-bond acceptors (Lipinski definition) is 3. The van der Waals surface area contributed by atoms with Crippen LogP contribution in [0.4, 0.5) is 17.1 Å². The van der Waals surface area contributed by atoms with Crippen LogP contribution in [0.3, 0.4) is 0 Å². The Kier molecular flexibility index (Phi) is 6.15. The third kappa shape index (κ3) is 4.38. The minimum absolute atomic E-state index is 0.145. The van der Waals surface area contributed by atoms with E-state index in [2.05, 4.69) is 138 Å². The van der Waals surface area contributed by atoms with E-state index in [0.717, 1.165) is 33.7 Å². The van der Waals surface area contributed by atoms with E-state index in [4.69, 9.17) is 9.40 Å². The summed E-state index contributed by atoms with van der Waals surface area (Å²) in [6.07, 6.45) is 0. The molecule has 9 rings (SSSR count). The molecule has 0 bridgehead atoms. The molecule has 212 valence electrons. The zero-order valence-electron chi connectivity index (χ0n) is 24.2. The maximum atomic E-state index is 6.26. The molecule has 4 heteroatoms. The fourth-order valence-electron chi connectivity index (χ4n) is 6.46. The molecule has 0 saturated heterocycles. The Balaban J connectivity index is 1.28. The molecule has 0 fully saturated rings. The fraction of sp³-hybridized carbons (Fsp3) is 0. The Morgan fingerprint density at radius 1 is 0.533 bits per heavy atom. The molecule has 2 aromatic heterocycles. The van der Waals surface area contributed by atoms with Crippen LogP contribution in [0.25, 0.3) is 63.7 Å². The van der Waals surface area contributed by atoms with Gasteiger partial charge in [-0.2, -0.15) is 0 Å². The van der Waals surface area contributed by atoms with Crippen LogP contribution in [0.1, 0.15) is 0 Å². The SMILES string of the molecule is c1ccc(-c2ccccc2N(c2ccc3c(c2)[se]c2cccc(-c4nc5ccccc5o4)c23)c2cccc3ccccc23)cc1. The van der Waals surface area contributed by atoms with E-state index in [1.807, 2.05) is 24.3 Å². The molecule has 9 aromatic rings. The van der Waals surface area contributed by atoms with Crippen molar-refractivity contribution in [1.29, 1.82) is 0 Å². The molecule has 7 aromatic carbocycles. The number of rotatable bonds is 5. The number of benzene rings is 7. The van der Waals surface area contributed by atoms with Gasteiger partial charge in [0.25, 0.3) is 0 Å².